The van der Waals surface area contributed by atoms with Crippen molar-refractivity contribution in [1.82, 2.24) is 15.6 Å². The van der Waals surface area contributed by atoms with Gasteiger partial charge in [-0.3, -0.25) is 9.59 Å². The number of para-hydroxylation sites is 2. The van der Waals surface area contributed by atoms with Crippen LogP contribution in [0.4, 0.5) is 0 Å². The summed E-state index contributed by atoms with van der Waals surface area (Å²) in [4.78, 5) is 29.1. The lowest BCUT2D eigenvalue weighted by atomic mass is 10.2. The third-order valence-corrected chi connectivity index (χ3v) is 4.91. The first-order valence-electron chi connectivity index (χ1n) is 8.76. The zero-order valence-corrected chi connectivity index (χ0v) is 15.8. The Morgan fingerprint density at radius 3 is 2.56 bits per heavy atom. The second kappa shape index (κ2) is 9.23. The van der Waals surface area contributed by atoms with E-state index in [1.807, 2.05) is 61.5 Å². The minimum absolute atomic E-state index is 0.0437. The van der Waals surface area contributed by atoms with Crippen molar-refractivity contribution in [2.24, 2.45) is 0 Å². The predicted octanol–water partition coefficient (Wildman–Crippen LogP) is 3.13. The van der Waals surface area contributed by atoms with Gasteiger partial charge in [-0.05, 0) is 24.6 Å². The highest BCUT2D eigenvalue weighted by molar-refractivity contribution is 8.00. The lowest BCUT2D eigenvalue weighted by molar-refractivity contribution is -0.126. The molecule has 1 unspecified atom stereocenters. The van der Waals surface area contributed by atoms with Crippen LogP contribution in [0.2, 0.25) is 0 Å². The van der Waals surface area contributed by atoms with Gasteiger partial charge in [0, 0.05) is 19.5 Å². The Bertz CT molecular complexity index is 878. The minimum Gasteiger partial charge on any atom is -0.431 e. The van der Waals surface area contributed by atoms with Crippen molar-refractivity contribution in [3.05, 3.63) is 60.2 Å². The van der Waals surface area contributed by atoms with Crippen LogP contribution >= 0.6 is 11.8 Å². The Morgan fingerprint density at radius 1 is 1.07 bits per heavy atom. The maximum atomic E-state index is 12.4. The number of rotatable bonds is 8. The Morgan fingerprint density at radius 2 is 1.81 bits per heavy atom. The van der Waals surface area contributed by atoms with E-state index in [1.54, 1.807) is 0 Å². The van der Waals surface area contributed by atoms with Gasteiger partial charge in [-0.15, -0.1) is 0 Å². The van der Waals surface area contributed by atoms with Gasteiger partial charge in [-0.1, -0.05) is 54.2 Å². The molecule has 0 aliphatic carbocycles. The standard InChI is InChI=1S/C20H21N3O3S/c1-2-21-19(25)17(12-18(24)22-13-14-8-4-3-5-9-14)27-20-23-15-10-6-7-11-16(15)26-20/h3-11,17H,2,12-13H2,1H3,(H,21,25)(H,22,24). The Labute approximate surface area is 161 Å². The number of amides is 2. The van der Waals surface area contributed by atoms with Gasteiger partial charge in [0.25, 0.3) is 5.22 Å². The number of aromatic nitrogens is 1. The van der Waals surface area contributed by atoms with E-state index >= 15 is 0 Å². The number of hydrogen-bond donors (Lipinski definition) is 2. The number of nitrogens with one attached hydrogen (secondary N) is 2. The fourth-order valence-corrected chi connectivity index (χ4v) is 3.49. The fraction of sp³-hybridized carbons (Fsp3) is 0.250. The maximum Gasteiger partial charge on any atom is 0.257 e. The van der Waals surface area contributed by atoms with E-state index in [1.165, 1.54) is 0 Å². The van der Waals surface area contributed by atoms with E-state index < -0.39 is 5.25 Å². The molecular formula is C20H21N3O3S. The molecule has 0 aliphatic heterocycles. The van der Waals surface area contributed by atoms with Gasteiger partial charge < -0.3 is 15.1 Å². The average Bonchev–Trinajstić information content (AvgIpc) is 3.09. The molecule has 0 radical (unpaired) electrons. The molecule has 3 aromatic rings. The SMILES string of the molecule is CCNC(=O)C(CC(=O)NCc1ccccc1)Sc1nc2ccccc2o1. The molecule has 6 nitrogen and oxygen atoms in total. The molecule has 0 saturated carbocycles. The highest BCUT2D eigenvalue weighted by atomic mass is 32.2. The molecule has 0 bridgehead atoms. The minimum atomic E-state index is -0.617. The van der Waals surface area contributed by atoms with Gasteiger partial charge in [0.2, 0.25) is 11.8 Å². The summed E-state index contributed by atoms with van der Waals surface area (Å²) < 4.78 is 5.68. The smallest absolute Gasteiger partial charge is 0.257 e. The normalized spacial score (nSPS) is 11.9. The van der Waals surface area contributed by atoms with Gasteiger partial charge in [0.05, 0.1) is 0 Å². The largest absolute Gasteiger partial charge is 0.431 e. The van der Waals surface area contributed by atoms with E-state index in [4.69, 9.17) is 4.42 Å². The molecule has 0 aliphatic rings. The second-order valence-corrected chi connectivity index (χ2v) is 7.07. The van der Waals surface area contributed by atoms with E-state index in [-0.39, 0.29) is 18.2 Å². The van der Waals surface area contributed by atoms with Gasteiger partial charge in [0.1, 0.15) is 10.8 Å². The number of thioether (sulfide) groups is 1. The van der Waals surface area contributed by atoms with Crippen LogP contribution in [0, 0.1) is 0 Å². The first-order valence-corrected chi connectivity index (χ1v) is 9.64. The molecule has 140 valence electrons. The summed E-state index contributed by atoms with van der Waals surface area (Å²) >= 11 is 1.16. The first kappa shape index (κ1) is 19.0. The van der Waals surface area contributed by atoms with Crippen LogP contribution in [0.15, 0.2) is 64.2 Å². The summed E-state index contributed by atoms with van der Waals surface area (Å²) in [6.07, 6.45) is 0.0437. The van der Waals surface area contributed by atoms with Crippen molar-refractivity contribution < 1.29 is 14.0 Å². The quantitative estimate of drug-likeness (QED) is 0.584. The summed E-state index contributed by atoms with van der Waals surface area (Å²) in [5.74, 6) is -0.404. The van der Waals surface area contributed by atoms with Gasteiger partial charge in [-0.25, -0.2) is 4.98 Å². The van der Waals surface area contributed by atoms with Crippen LogP contribution in [-0.2, 0) is 16.1 Å². The van der Waals surface area contributed by atoms with Crippen molar-refractivity contribution in [3.63, 3.8) is 0 Å². The summed E-state index contributed by atoms with van der Waals surface area (Å²) in [6, 6.07) is 17.0. The molecule has 0 fully saturated rings. The molecule has 2 N–H and O–H groups in total. The molecule has 2 aromatic carbocycles. The summed E-state index contributed by atoms with van der Waals surface area (Å²) in [7, 11) is 0. The highest BCUT2D eigenvalue weighted by Gasteiger charge is 2.25. The van der Waals surface area contributed by atoms with Crippen molar-refractivity contribution in [1.29, 1.82) is 0 Å². The third-order valence-electron chi connectivity index (χ3n) is 3.86. The number of fused-ring (bicyclic) bond motifs is 1. The Kier molecular flexibility index (Phi) is 6.49. The van der Waals surface area contributed by atoms with E-state index in [0.717, 1.165) is 22.8 Å². The molecule has 7 heteroatoms. The molecule has 1 aromatic heterocycles. The molecule has 1 heterocycles. The number of oxazole rings is 1. The van der Waals surface area contributed by atoms with Crippen molar-refractivity contribution in [2.75, 3.05) is 6.54 Å². The van der Waals surface area contributed by atoms with Crippen LogP contribution in [0.3, 0.4) is 0 Å². The highest BCUT2D eigenvalue weighted by Crippen LogP contribution is 2.28. The number of carbonyl (C=O) groups is 2. The van der Waals surface area contributed by atoms with Crippen LogP contribution < -0.4 is 10.6 Å². The number of benzene rings is 2. The average molecular weight is 383 g/mol. The predicted molar refractivity (Wildman–Crippen MR) is 105 cm³/mol. The summed E-state index contributed by atoms with van der Waals surface area (Å²) in [5, 5.41) is 5.39. The van der Waals surface area contributed by atoms with Crippen molar-refractivity contribution in [3.8, 4) is 0 Å². The van der Waals surface area contributed by atoms with Gasteiger partial charge >= 0.3 is 0 Å². The molecule has 1 atom stereocenters. The van der Waals surface area contributed by atoms with Crippen molar-refractivity contribution >= 4 is 34.7 Å². The lowest BCUT2D eigenvalue weighted by Gasteiger charge is -2.14. The van der Waals surface area contributed by atoms with Crippen LogP contribution in [-0.4, -0.2) is 28.6 Å². The molecule has 2 amide bonds. The summed E-state index contributed by atoms with van der Waals surface area (Å²) in [6.45, 7) is 2.76. The summed E-state index contributed by atoms with van der Waals surface area (Å²) in [5.41, 5.74) is 2.39. The molecular weight excluding hydrogens is 362 g/mol. The van der Waals surface area contributed by atoms with Crippen LogP contribution in [0.1, 0.15) is 18.9 Å². The first-order chi connectivity index (χ1) is 13.2. The topological polar surface area (TPSA) is 84.2 Å². The zero-order chi connectivity index (χ0) is 19.1. The maximum absolute atomic E-state index is 12.4. The molecule has 27 heavy (non-hydrogen) atoms. The molecule has 0 saturated heterocycles. The van der Waals surface area contributed by atoms with Gasteiger partial charge in [0.15, 0.2) is 5.58 Å². The fourth-order valence-electron chi connectivity index (χ4n) is 2.54. The van der Waals surface area contributed by atoms with Gasteiger partial charge in [-0.2, -0.15) is 0 Å². The monoisotopic (exact) mass is 383 g/mol. The lowest BCUT2D eigenvalue weighted by Crippen LogP contribution is -2.36. The third kappa shape index (κ3) is 5.34. The van der Waals surface area contributed by atoms with Crippen molar-refractivity contribution in [2.45, 2.75) is 30.4 Å². The number of nitrogens with zero attached hydrogens (tertiary/aromatic N) is 1. The second-order valence-electron chi connectivity index (χ2n) is 5.92. The van der Waals surface area contributed by atoms with E-state index in [9.17, 15) is 9.59 Å². The Balaban J connectivity index is 1.65. The van der Waals surface area contributed by atoms with Crippen LogP contribution in [0.25, 0.3) is 11.1 Å². The number of carbonyl (C=O) groups excluding carboxylic acids is 2. The van der Waals surface area contributed by atoms with E-state index in [0.29, 0.717) is 23.9 Å². The molecule has 3 rings (SSSR count). The van der Waals surface area contributed by atoms with Crippen LogP contribution in [0.5, 0.6) is 0 Å². The molecule has 0 spiro atoms. The van der Waals surface area contributed by atoms with E-state index in [2.05, 4.69) is 15.6 Å². The number of hydrogen-bond acceptors (Lipinski definition) is 5. The Hall–Kier alpha value is -2.80. The zero-order valence-electron chi connectivity index (χ0n) is 15.0.